The molecule has 2 aromatic heterocycles. The SMILES string of the molecule is C[C@@]1(F)[C@H](O)CO[C@H]1n1c(N)nc2c(ncn2[C@@H]2O[C@H](CO)[C@@H](O)[C@H]2O)c1=O. The van der Waals surface area contributed by atoms with Gasteiger partial charge < -0.3 is 35.6 Å². The van der Waals surface area contributed by atoms with E-state index in [0.717, 1.165) is 17.8 Å². The molecule has 2 aliphatic rings. The number of aromatic nitrogens is 4. The number of alkyl halides is 1. The Hall–Kier alpha value is -2.16. The molecule has 2 aromatic rings. The van der Waals surface area contributed by atoms with Crippen molar-refractivity contribution < 1.29 is 34.3 Å². The van der Waals surface area contributed by atoms with Crippen LogP contribution in [0.2, 0.25) is 0 Å². The number of nitrogens with two attached hydrogens (primary N) is 1. The van der Waals surface area contributed by atoms with E-state index in [1.54, 1.807) is 0 Å². The van der Waals surface area contributed by atoms with Crippen molar-refractivity contribution in [2.75, 3.05) is 18.9 Å². The van der Waals surface area contributed by atoms with Crippen molar-refractivity contribution in [3.8, 4) is 0 Å². The lowest BCUT2D eigenvalue weighted by Crippen LogP contribution is -2.42. The molecule has 0 radical (unpaired) electrons. The van der Waals surface area contributed by atoms with E-state index in [4.69, 9.17) is 15.2 Å². The first kappa shape index (κ1) is 19.2. The fourth-order valence-corrected chi connectivity index (χ4v) is 3.52. The zero-order valence-electron chi connectivity index (χ0n) is 14.7. The van der Waals surface area contributed by atoms with Gasteiger partial charge in [-0.1, -0.05) is 0 Å². The minimum atomic E-state index is -2.28. The second-order valence-electron chi connectivity index (χ2n) is 7.05. The van der Waals surface area contributed by atoms with Gasteiger partial charge in [0.15, 0.2) is 29.3 Å². The monoisotopic (exact) mass is 401 g/mol. The van der Waals surface area contributed by atoms with Gasteiger partial charge in [-0.15, -0.1) is 0 Å². The average molecular weight is 401 g/mol. The summed E-state index contributed by atoms with van der Waals surface area (Å²) in [5.41, 5.74) is 2.51. The van der Waals surface area contributed by atoms with E-state index in [2.05, 4.69) is 9.97 Å². The van der Waals surface area contributed by atoms with Crippen LogP contribution in [0.1, 0.15) is 19.4 Å². The molecule has 12 nitrogen and oxygen atoms in total. The number of rotatable bonds is 3. The number of hydrogen-bond acceptors (Lipinski definition) is 10. The molecule has 0 amide bonds. The first-order valence-corrected chi connectivity index (χ1v) is 8.54. The van der Waals surface area contributed by atoms with Gasteiger partial charge in [-0.25, -0.2) is 13.9 Å². The van der Waals surface area contributed by atoms with Gasteiger partial charge in [0.1, 0.15) is 24.4 Å². The quantitative estimate of drug-likeness (QED) is 0.366. The number of nitrogens with zero attached hydrogens (tertiary/aromatic N) is 4. The third-order valence-electron chi connectivity index (χ3n) is 5.23. The van der Waals surface area contributed by atoms with E-state index in [0.29, 0.717) is 0 Å². The lowest BCUT2D eigenvalue weighted by Gasteiger charge is -2.26. The molecule has 2 aliphatic heterocycles. The molecule has 6 N–H and O–H groups in total. The summed E-state index contributed by atoms with van der Waals surface area (Å²) < 4.78 is 27.4. The number of imidazole rings is 1. The normalized spacial score (nSPS) is 38.5. The van der Waals surface area contributed by atoms with Gasteiger partial charge in [-0.2, -0.15) is 4.98 Å². The fraction of sp³-hybridized carbons (Fsp3) is 0.667. The van der Waals surface area contributed by atoms with E-state index >= 15 is 0 Å². The number of fused-ring (bicyclic) bond motifs is 1. The first-order valence-electron chi connectivity index (χ1n) is 8.54. The summed E-state index contributed by atoms with van der Waals surface area (Å²) in [6.45, 7) is 0.238. The highest BCUT2D eigenvalue weighted by Crippen LogP contribution is 2.38. The van der Waals surface area contributed by atoms with Gasteiger partial charge in [0, 0.05) is 0 Å². The summed E-state index contributed by atoms with van der Waals surface area (Å²) >= 11 is 0. The van der Waals surface area contributed by atoms with Crippen LogP contribution >= 0.6 is 0 Å². The first-order chi connectivity index (χ1) is 13.2. The van der Waals surface area contributed by atoms with Crippen LogP contribution < -0.4 is 11.3 Å². The summed E-state index contributed by atoms with van der Waals surface area (Å²) in [6.07, 6.45) is -6.76. The smallest absolute Gasteiger partial charge is 0.285 e. The Kier molecular flexibility index (Phi) is 4.41. The van der Waals surface area contributed by atoms with Crippen LogP contribution in [0.4, 0.5) is 10.3 Å². The van der Waals surface area contributed by atoms with Gasteiger partial charge in [0.2, 0.25) is 5.95 Å². The third-order valence-corrected chi connectivity index (χ3v) is 5.23. The van der Waals surface area contributed by atoms with E-state index < -0.39 is 60.7 Å². The number of anilines is 1. The highest BCUT2D eigenvalue weighted by Gasteiger charge is 2.51. The third kappa shape index (κ3) is 2.55. The summed E-state index contributed by atoms with van der Waals surface area (Å²) in [7, 11) is 0. The van der Waals surface area contributed by atoms with E-state index in [1.807, 2.05) is 0 Å². The van der Waals surface area contributed by atoms with Gasteiger partial charge in [0.05, 0.1) is 19.5 Å². The number of hydrogen-bond donors (Lipinski definition) is 5. The lowest BCUT2D eigenvalue weighted by molar-refractivity contribution is -0.0511. The fourth-order valence-electron chi connectivity index (χ4n) is 3.52. The number of aliphatic hydroxyl groups is 4. The summed E-state index contributed by atoms with van der Waals surface area (Å²) in [4.78, 5) is 20.9. The zero-order valence-corrected chi connectivity index (χ0v) is 14.7. The molecule has 4 rings (SSSR count). The molecule has 13 heteroatoms. The second kappa shape index (κ2) is 6.43. The molecule has 2 saturated heterocycles. The Balaban J connectivity index is 1.80. The molecule has 0 spiro atoms. The van der Waals surface area contributed by atoms with E-state index in [9.17, 15) is 29.6 Å². The highest BCUT2D eigenvalue weighted by molar-refractivity contribution is 5.71. The summed E-state index contributed by atoms with van der Waals surface area (Å²) in [5.74, 6) is -0.394. The molecule has 0 bridgehead atoms. The van der Waals surface area contributed by atoms with Crippen LogP contribution in [0.5, 0.6) is 0 Å². The maximum Gasteiger partial charge on any atom is 0.285 e. The molecular weight excluding hydrogens is 381 g/mol. The Morgan fingerprint density at radius 3 is 2.68 bits per heavy atom. The van der Waals surface area contributed by atoms with Crippen LogP contribution in [0.15, 0.2) is 11.1 Å². The lowest BCUT2D eigenvalue weighted by atomic mass is 10.0. The van der Waals surface area contributed by atoms with Gasteiger partial charge in [0.25, 0.3) is 5.56 Å². The van der Waals surface area contributed by atoms with Crippen LogP contribution in [-0.4, -0.2) is 82.8 Å². The van der Waals surface area contributed by atoms with Gasteiger partial charge in [-0.05, 0) is 6.92 Å². The van der Waals surface area contributed by atoms with Gasteiger partial charge in [-0.3, -0.25) is 9.36 Å². The van der Waals surface area contributed by atoms with Crippen LogP contribution in [0.3, 0.4) is 0 Å². The molecule has 2 fully saturated rings. The molecule has 28 heavy (non-hydrogen) atoms. The van der Waals surface area contributed by atoms with Crippen LogP contribution in [0, 0.1) is 0 Å². The van der Waals surface area contributed by atoms with E-state index in [1.165, 1.54) is 4.57 Å². The van der Waals surface area contributed by atoms with Crippen molar-refractivity contribution in [1.29, 1.82) is 0 Å². The van der Waals surface area contributed by atoms with Gasteiger partial charge >= 0.3 is 0 Å². The van der Waals surface area contributed by atoms with Crippen molar-refractivity contribution in [3.63, 3.8) is 0 Å². The van der Waals surface area contributed by atoms with E-state index in [-0.39, 0.29) is 17.8 Å². The van der Waals surface area contributed by atoms with Crippen LogP contribution in [-0.2, 0) is 9.47 Å². The Morgan fingerprint density at radius 1 is 1.39 bits per heavy atom. The largest absolute Gasteiger partial charge is 0.394 e. The summed E-state index contributed by atoms with van der Waals surface area (Å²) in [5, 5.41) is 39.1. The number of ether oxygens (including phenoxy) is 2. The molecule has 7 atom stereocenters. The van der Waals surface area contributed by atoms with Crippen molar-refractivity contribution in [1.82, 2.24) is 19.1 Å². The number of aliphatic hydroxyl groups excluding tert-OH is 4. The molecule has 0 unspecified atom stereocenters. The number of halogens is 1. The predicted octanol–water partition coefficient (Wildman–Crippen LogP) is -2.60. The molecular formula is C15H20FN5O7. The molecule has 4 heterocycles. The average Bonchev–Trinajstić information content (AvgIpc) is 3.26. The predicted molar refractivity (Wildman–Crippen MR) is 89.7 cm³/mol. The Morgan fingerprint density at radius 2 is 2.11 bits per heavy atom. The standard InChI is InChI=1S/C15H20FN5O7/c1-15(16)6(23)3-27-13(15)21-11(26)7-10(19-14(21)17)20(4-18-7)12-9(25)8(24)5(2-22)28-12/h4-6,8-9,12-13,22-25H,2-3H2,1H3,(H2,17,19)/t5-,6-,8-,9-,12-,13-,15-/m1/s1. The number of nitrogen functional groups attached to an aromatic ring is 1. The van der Waals surface area contributed by atoms with Crippen molar-refractivity contribution in [2.45, 2.75) is 49.5 Å². The Labute approximate surface area is 156 Å². The minimum Gasteiger partial charge on any atom is -0.394 e. The van der Waals surface area contributed by atoms with Crippen molar-refractivity contribution in [3.05, 3.63) is 16.7 Å². The minimum absolute atomic E-state index is 0.0623. The topological polar surface area (TPSA) is 178 Å². The highest BCUT2D eigenvalue weighted by atomic mass is 19.1. The molecule has 154 valence electrons. The molecule has 0 saturated carbocycles. The van der Waals surface area contributed by atoms with Crippen molar-refractivity contribution >= 4 is 17.1 Å². The second-order valence-corrected chi connectivity index (χ2v) is 7.05. The zero-order chi connectivity index (χ0) is 20.4. The molecule has 0 aliphatic carbocycles. The van der Waals surface area contributed by atoms with Crippen LogP contribution in [0.25, 0.3) is 11.2 Å². The molecule has 0 aromatic carbocycles. The maximum absolute atomic E-state index is 14.8. The maximum atomic E-state index is 14.8. The van der Waals surface area contributed by atoms with Crippen molar-refractivity contribution in [2.24, 2.45) is 0 Å². The summed E-state index contributed by atoms with van der Waals surface area (Å²) in [6, 6.07) is 0. The Bertz CT molecular complexity index is 962.